The van der Waals surface area contributed by atoms with Gasteiger partial charge in [0.05, 0.1) is 0 Å². The molecule has 0 unspecified atom stereocenters. The summed E-state index contributed by atoms with van der Waals surface area (Å²) in [5.74, 6) is 0. The first kappa shape index (κ1) is 5.87. The Bertz CT molecular complexity index is 255. The van der Waals surface area contributed by atoms with Crippen molar-refractivity contribution in [1.82, 2.24) is 19.2 Å². The van der Waals surface area contributed by atoms with Gasteiger partial charge in [0.2, 0.25) is 0 Å². The zero-order valence-corrected chi connectivity index (χ0v) is 6.39. The molecule has 0 aromatic carbocycles. The second-order valence-electron chi connectivity index (χ2n) is 1.58. The summed E-state index contributed by atoms with van der Waals surface area (Å²) in [4.78, 5) is 0. The fourth-order valence-corrected chi connectivity index (χ4v) is 1.45. The molecule has 0 aliphatic carbocycles. The molecule has 4 nitrogen and oxygen atoms in total. The van der Waals surface area contributed by atoms with Crippen molar-refractivity contribution >= 4 is 23.1 Å². The molecule has 50 valence electrons. The average molecular weight is 170 g/mol. The van der Waals surface area contributed by atoms with Gasteiger partial charge in [-0.05, 0) is 23.1 Å². The molecule has 0 radical (unpaired) electrons. The monoisotopic (exact) mass is 170 g/mol. The summed E-state index contributed by atoms with van der Waals surface area (Å²) in [5.41, 5.74) is 1.61. The van der Waals surface area contributed by atoms with Crippen LogP contribution in [0.4, 0.5) is 0 Å². The third-order valence-corrected chi connectivity index (χ3v) is 1.99. The van der Waals surface area contributed by atoms with E-state index in [4.69, 9.17) is 0 Å². The van der Waals surface area contributed by atoms with Crippen molar-refractivity contribution < 1.29 is 0 Å². The van der Waals surface area contributed by atoms with E-state index in [1.165, 1.54) is 23.1 Å². The van der Waals surface area contributed by atoms with Gasteiger partial charge in [-0.25, -0.2) is 0 Å². The van der Waals surface area contributed by atoms with Crippen molar-refractivity contribution in [3.8, 4) is 11.4 Å². The Labute approximate surface area is 64.9 Å². The predicted molar refractivity (Wildman–Crippen MR) is 38.8 cm³/mol. The van der Waals surface area contributed by atoms with Gasteiger partial charge < -0.3 is 0 Å². The normalized spacial score (nSPS) is 10.0. The van der Waals surface area contributed by atoms with E-state index in [9.17, 15) is 0 Å². The molecular formula is C4H2N4S2. The Hall–Kier alpha value is -0.880. The van der Waals surface area contributed by atoms with Gasteiger partial charge in [0.1, 0.15) is 11.4 Å². The second-order valence-corrected chi connectivity index (χ2v) is 2.80. The molecule has 0 atom stereocenters. The van der Waals surface area contributed by atoms with Crippen molar-refractivity contribution in [2.75, 3.05) is 0 Å². The first-order valence-corrected chi connectivity index (χ1v) is 4.18. The van der Waals surface area contributed by atoms with Gasteiger partial charge in [-0.1, -0.05) is 8.98 Å². The van der Waals surface area contributed by atoms with E-state index < -0.39 is 0 Å². The third kappa shape index (κ3) is 0.910. The lowest BCUT2D eigenvalue weighted by Crippen LogP contribution is -1.76. The van der Waals surface area contributed by atoms with Crippen LogP contribution in [0.1, 0.15) is 0 Å². The Morgan fingerprint density at radius 3 is 1.70 bits per heavy atom. The van der Waals surface area contributed by atoms with Crippen molar-refractivity contribution in [2.24, 2.45) is 0 Å². The Balaban J connectivity index is 2.48. The van der Waals surface area contributed by atoms with Gasteiger partial charge in [-0.3, -0.25) is 0 Å². The molecule has 2 aromatic rings. The van der Waals surface area contributed by atoms with Crippen LogP contribution in [0, 0.1) is 0 Å². The van der Waals surface area contributed by atoms with Crippen LogP contribution in [-0.4, -0.2) is 19.2 Å². The molecule has 0 saturated carbocycles. The van der Waals surface area contributed by atoms with E-state index in [-0.39, 0.29) is 0 Å². The van der Waals surface area contributed by atoms with Gasteiger partial charge in [-0.2, -0.15) is 0 Å². The van der Waals surface area contributed by atoms with Crippen molar-refractivity contribution in [2.45, 2.75) is 0 Å². The van der Waals surface area contributed by atoms with Crippen LogP contribution >= 0.6 is 23.1 Å². The number of aromatic nitrogens is 4. The van der Waals surface area contributed by atoms with Crippen LogP contribution in [0.2, 0.25) is 0 Å². The highest BCUT2D eigenvalue weighted by Gasteiger charge is 2.01. The second kappa shape index (κ2) is 2.39. The minimum absolute atomic E-state index is 0.804. The Morgan fingerprint density at radius 1 is 0.900 bits per heavy atom. The Morgan fingerprint density at radius 2 is 1.40 bits per heavy atom. The summed E-state index contributed by atoms with van der Waals surface area (Å²) in [6.45, 7) is 0. The van der Waals surface area contributed by atoms with E-state index >= 15 is 0 Å². The van der Waals surface area contributed by atoms with E-state index in [0.717, 1.165) is 11.4 Å². The number of nitrogens with zero attached hydrogens (tertiary/aromatic N) is 4. The van der Waals surface area contributed by atoms with Gasteiger partial charge in [0.15, 0.2) is 0 Å². The molecule has 0 spiro atoms. The maximum absolute atomic E-state index is 3.83. The molecule has 0 amide bonds. The molecule has 6 heteroatoms. The van der Waals surface area contributed by atoms with E-state index in [1.807, 2.05) is 10.8 Å². The number of rotatable bonds is 1. The molecular weight excluding hydrogens is 168 g/mol. The van der Waals surface area contributed by atoms with E-state index in [2.05, 4.69) is 19.2 Å². The number of hydrogen-bond donors (Lipinski definition) is 0. The highest BCUT2D eigenvalue weighted by Crippen LogP contribution is 2.14. The van der Waals surface area contributed by atoms with Gasteiger partial charge in [0, 0.05) is 10.8 Å². The highest BCUT2D eigenvalue weighted by molar-refractivity contribution is 7.04. The van der Waals surface area contributed by atoms with Crippen LogP contribution in [0.5, 0.6) is 0 Å². The van der Waals surface area contributed by atoms with Crippen LogP contribution in [0.15, 0.2) is 10.8 Å². The summed E-state index contributed by atoms with van der Waals surface area (Å²) in [6, 6.07) is 0. The minimum Gasteiger partial charge on any atom is -0.136 e. The highest BCUT2D eigenvalue weighted by atomic mass is 32.1. The number of hydrogen-bond acceptors (Lipinski definition) is 6. The maximum atomic E-state index is 3.83. The van der Waals surface area contributed by atoms with Crippen LogP contribution in [0.25, 0.3) is 11.4 Å². The lowest BCUT2D eigenvalue weighted by Gasteiger charge is -1.78. The van der Waals surface area contributed by atoms with Gasteiger partial charge in [0.25, 0.3) is 0 Å². The molecule has 2 heterocycles. The lowest BCUT2D eigenvalue weighted by atomic mass is 10.4. The smallest absolute Gasteiger partial charge is 0.127 e. The predicted octanol–water partition coefficient (Wildman–Crippen LogP) is 1.06. The van der Waals surface area contributed by atoms with Crippen molar-refractivity contribution in [1.29, 1.82) is 0 Å². The van der Waals surface area contributed by atoms with Crippen LogP contribution < -0.4 is 0 Å². The van der Waals surface area contributed by atoms with Crippen molar-refractivity contribution in [3.63, 3.8) is 0 Å². The quantitative estimate of drug-likeness (QED) is 0.642. The van der Waals surface area contributed by atoms with Crippen LogP contribution in [-0.2, 0) is 0 Å². The largest absolute Gasteiger partial charge is 0.136 e. The first-order chi connectivity index (χ1) is 4.97. The molecule has 0 fully saturated rings. The summed E-state index contributed by atoms with van der Waals surface area (Å²) in [7, 11) is 0. The molecule has 0 aliphatic rings. The minimum atomic E-state index is 0.804. The lowest BCUT2D eigenvalue weighted by molar-refractivity contribution is 1.11. The average Bonchev–Trinajstić information content (AvgIpc) is 2.59. The molecule has 0 saturated heterocycles. The molecule has 2 rings (SSSR count). The molecule has 2 aromatic heterocycles. The maximum Gasteiger partial charge on any atom is 0.127 e. The SMILES string of the molecule is c1snnc1-c1csnn1. The van der Waals surface area contributed by atoms with Gasteiger partial charge >= 0.3 is 0 Å². The van der Waals surface area contributed by atoms with E-state index in [1.54, 1.807) is 0 Å². The molecule has 0 bridgehead atoms. The van der Waals surface area contributed by atoms with Crippen LogP contribution in [0.3, 0.4) is 0 Å². The molecule has 0 aliphatic heterocycles. The Kier molecular flexibility index (Phi) is 1.40. The zero-order chi connectivity index (χ0) is 6.81. The van der Waals surface area contributed by atoms with Gasteiger partial charge in [-0.15, -0.1) is 10.2 Å². The fraction of sp³-hybridized carbons (Fsp3) is 0. The first-order valence-electron chi connectivity index (χ1n) is 2.51. The summed E-state index contributed by atoms with van der Waals surface area (Å²) >= 11 is 2.63. The summed E-state index contributed by atoms with van der Waals surface area (Å²) in [5, 5.41) is 11.4. The summed E-state index contributed by atoms with van der Waals surface area (Å²) < 4.78 is 7.41. The zero-order valence-electron chi connectivity index (χ0n) is 4.76. The topological polar surface area (TPSA) is 51.6 Å². The summed E-state index contributed by atoms with van der Waals surface area (Å²) in [6.07, 6.45) is 0. The van der Waals surface area contributed by atoms with E-state index in [0.29, 0.717) is 0 Å². The van der Waals surface area contributed by atoms with Crippen molar-refractivity contribution in [3.05, 3.63) is 10.8 Å². The molecule has 10 heavy (non-hydrogen) atoms. The standard InChI is InChI=1S/C4H2N4S2/c1-3(5-7-9-1)4-2-10-8-6-4/h1-2H. The fourth-order valence-electron chi connectivity index (χ4n) is 0.552. The third-order valence-electron chi connectivity index (χ3n) is 0.983. The molecule has 0 N–H and O–H groups in total.